The third-order valence-electron chi connectivity index (χ3n) is 3.23. The Morgan fingerprint density at radius 2 is 2.33 bits per heavy atom. The van der Waals surface area contributed by atoms with Crippen molar-refractivity contribution in [1.29, 1.82) is 0 Å². The number of aryl methyl sites for hydroxylation is 1. The molecule has 2 heterocycles. The molecule has 4 nitrogen and oxygen atoms in total. The van der Waals surface area contributed by atoms with E-state index < -0.39 is 0 Å². The van der Waals surface area contributed by atoms with Gasteiger partial charge in [-0.3, -0.25) is 0 Å². The summed E-state index contributed by atoms with van der Waals surface area (Å²) >= 11 is 0. The molecule has 1 aliphatic heterocycles. The van der Waals surface area contributed by atoms with Crippen molar-refractivity contribution < 1.29 is 4.74 Å². The molecule has 0 aliphatic carbocycles. The van der Waals surface area contributed by atoms with Crippen molar-refractivity contribution in [1.82, 2.24) is 15.3 Å². The fourth-order valence-corrected chi connectivity index (χ4v) is 2.16. The van der Waals surface area contributed by atoms with Gasteiger partial charge >= 0.3 is 0 Å². The quantitative estimate of drug-likeness (QED) is 0.870. The molecule has 4 heteroatoms. The highest BCUT2D eigenvalue weighted by Crippen LogP contribution is 2.26. The van der Waals surface area contributed by atoms with E-state index >= 15 is 0 Å². The Labute approximate surface area is 109 Å². The van der Waals surface area contributed by atoms with Gasteiger partial charge in [-0.15, -0.1) is 0 Å². The summed E-state index contributed by atoms with van der Waals surface area (Å²) < 4.78 is 5.64. The molecule has 2 rings (SSSR count). The number of aromatic nitrogens is 2. The second kappa shape index (κ2) is 6.25. The number of nitrogens with zero attached hydrogens (tertiary/aromatic N) is 2. The summed E-state index contributed by atoms with van der Waals surface area (Å²) in [5, 5.41) is 3.41. The van der Waals surface area contributed by atoms with E-state index in [-0.39, 0.29) is 6.10 Å². The van der Waals surface area contributed by atoms with Gasteiger partial charge in [-0.05, 0) is 19.3 Å². The minimum absolute atomic E-state index is 0.113. The van der Waals surface area contributed by atoms with Crippen LogP contribution in [0.25, 0.3) is 0 Å². The molecule has 1 atom stereocenters. The maximum atomic E-state index is 5.64. The van der Waals surface area contributed by atoms with Gasteiger partial charge in [0.25, 0.3) is 0 Å². The molecular formula is C14H23N3O. The molecule has 18 heavy (non-hydrogen) atoms. The molecule has 1 unspecified atom stereocenters. The third-order valence-corrected chi connectivity index (χ3v) is 3.23. The zero-order chi connectivity index (χ0) is 13.0. The standard InChI is InChI=1S/C14H23N3O/c1-4-12-11(8-15-10(2)3)9-16-14(17-12)13-6-5-7-18-13/h9-10,13,15H,4-8H2,1-3H3. The van der Waals surface area contributed by atoms with E-state index in [9.17, 15) is 0 Å². The van der Waals surface area contributed by atoms with Gasteiger partial charge in [0.1, 0.15) is 6.10 Å². The fraction of sp³-hybridized carbons (Fsp3) is 0.714. The molecule has 1 saturated heterocycles. The Hall–Kier alpha value is -1.00. The third kappa shape index (κ3) is 3.27. The molecule has 0 spiro atoms. The lowest BCUT2D eigenvalue weighted by Gasteiger charge is -2.14. The first-order valence-electron chi connectivity index (χ1n) is 6.90. The molecular weight excluding hydrogens is 226 g/mol. The highest BCUT2D eigenvalue weighted by Gasteiger charge is 2.21. The molecule has 0 radical (unpaired) electrons. The molecule has 1 N–H and O–H groups in total. The first kappa shape index (κ1) is 13.4. The molecule has 1 aromatic rings. The Morgan fingerprint density at radius 3 is 2.94 bits per heavy atom. The number of hydrogen-bond acceptors (Lipinski definition) is 4. The van der Waals surface area contributed by atoms with E-state index in [0.717, 1.165) is 43.9 Å². The van der Waals surface area contributed by atoms with Crippen molar-refractivity contribution in [2.75, 3.05) is 6.61 Å². The molecule has 1 fully saturated rings. The highest BCUT2D eigenvalue weighted by molar-refractivity contribution is 5.18. The second-order valence-electron chi connectivity index (χ2n) is 5.09. The summed E-state index contributed by atoms with van der Waals surface area (Å²) in [6, 6.07) is 0.479. The van der Waals surface area contributed by atoms with Gasteiger partial charge in [0.05, 0.1) is 0 Å². The van der Waals surface area contributed by atoms with Crippen LogP contribution in [0.2, 0.25) is 0 Å². The van der Waals surface area contributed by atoms with E-state index in [1.165, 1.54) is 5.56 Å². The molecule has 1 aliphatic rings. The summed E-state index contributed by atoms with van der Waals surface area (Å²) in [5.41, 5.74) is 2.34. The Morgan fingerprint density at radius 1 is 1.50 bits per heavy atom. The molecule has 1 aromatic heterocycles. The lowest BCUT2D eigenvalue weighted by atomic mass is 10.1. The summed E-state index contributed by atoms with van der Waals surface area (Å²) in [6.45, 7) is 8.11. The maximum absolute atomic E-state index is 5.64. The highest BCUT2D eigenvalue weighted by atomic mass is 16.5. The van der Waals surface area contributed by atoms with Gasteiger partial charge in [-0.2, -0.15) is 0 Å². The predicted molar refractivity (Wildman–Crippen MR) is 71.3 cm³/mol. The molecule has 0 amide bonds. The second-order valence-corrected chi connectivity index (χ2v) is 5.09. The van der Waals surface area contributed by atoms with Crippen LogP contribution in [0.5, 0.6) is 0 Å². The minimum Gasteiger partial charge on any atom is -0.370 e. The minimum atomic E-state index is 0.113. The van der Waals surface area contributed by atoms with E-state index in [1.807, 2.05) is 6.20 Å². The first-order chi connectivity index (χ1) is 8.70. The molecule has 100 valence electrons. The van der Waals surface area contributed by atoms with Crippen molar-refractivity contribution in [2.45, 2.75) is 58.7 Å². The lowest BCUT2D eigenvalue weighted by molar-refractivity contribution is 0.105. The molecule has 0 aromatic carbocycles. The van der Waals surface area contributed by atoms with Crippen LogP contribution in [-0.2, 0) is 17.7 Å². The predicted octanol–water partition coefficient (Wildman–Crippen LogP) is 2.39. The number of nitrogens with one attached hydrogen (secondary N) is 1. The summed E-state index contributed by atoms with van der Waals surface area (Å²) in [4.78, 5) is 9.15. The van der Waals surface area contributed by atoms with Crippen LogP contribution < -0.4 is 5.32 Å². The average molecular weight is 249 g/mol. The topological polar surface area (TPSA) is 47.0 Å². The van der Waals surface area contributed by atoms with E-state index in [4.69, 9.17) is 4.74 Å². The zero-order valence-corrected chi connectivity index (χ0v) is 11.6. The first-order valence-corrected chi connectivity index (χ1v) is 6.90. The fourth-order valence-electron chi connectivity index (χ4n) is 2.16. The lowest BCUT2D eigenvalue weighted by Crippen LogP contribution is -2.23. The summed E-state index contributed by atoms with van der Waals surface area (Å²) in [5.74, 6) is 0.859. The molecule has 0 bridgehead atoms. The van der Waals surface area contributed by atoms with Crippen molar-refractivity contribution in [3.63, 3.8) is 0 Å². The number of ether oxygens (including phenoxy) is 1. The maximum Gasteiger partial charge on any atom is 0.157 e. The van der Waals surface area contributed by atoms with Gasteiger partial charge in [0.2, 0.25) is 0 Å². The van der Waals surface area contributed by atoms with Gasteiger partial charge in [-0.1, -0.05) is 20.8 Å². The van der Waals surface area contributed by atoms with Crippen LogP contribution in [0, 0.1) is 0 Å². The summed E-state index contributed by atoms with van der Waals surface area (Å²) in [6.07, 6.45) is 5.18. The summed E-state index contributed by atoms with van der Waals surface area (Å²) in [7, 11) is 0. The number of hydrogen-bond donors (Lipinski definition) is 1. The van der Waals surface area contributed by atoms with E-state index in [1.54, 1.807) is 0 Å². The van der Waals surface area contributed by atoms with Gasteiger partial charge < -0.3 is 10.1 Å². The Balaban J connectivity index is 2.11. The van der Waals surface area contributed by atoms with Crippen LogP contribution >= 0.6 is 0 Å². The van der Waals surface area contributed by atoms with Crippen molar-refractivity contribution in [2.24, 2.45) is 0 Å². The largest absolute Gasteiger partial charge is 0.370 e. The Bertz CT molecular complexity index is 387. The van der Waals surface area contributed by atoms with Crippen LogP contribution in [0.4, 0.5) is 0 Å². The SMILES string of the molecule is CCc1nc(C2CCCO2)ncc1CNC(C)C. The van der Waals surface area contributed by atoms with Gasteiger partial charge in [0, 0.05) is 36.6 Å². The van der Waals surface area contributed by atoms with Crippen LogP contribution in [0.15, 0.2) is 6.20 Å². The van der Waals surface area contributed by atoms with Crippen molar-refractivity contribution in [3.05, 3.63) is 23.3 Å². The smallest absolute Gasteiger partial charge is 0.157 e. The van der Waals surface area contributed by atoms with Crippen LogP contribution in [0.3, 0.4) is 0 Å². The van der Waals surface area contributed by atoms with Crippen molar-refractivity contribution >= 4 is 0 Å². The monoisotopic (exact) mass is 249 g/mol. The van der Waals surface area contributed by atoms with Crippen LogP contribution in [0.1, 0.15) is 56.8 Å². The molecule has 0 saturated carbocycles. The van der Waals surface area contributed by atoms with Gasteiger partial charge in [0.15, 0.2) is 5.82 Å². The normalized spacial score (nSPS) is 19.7. The number of rotatable bonds is 5. The van der Waals surface area contributed by atoms with E-state index in [0.29, 0.717) is 6.04 Å². The average Bonchev–Trinajstić information content (AvgIpc) is 2.90. The van der Waals surface area contributed by atoms with Crippen LogP contribution in [-0.4, -0.2) is 22.6 Å². The Kier molecular flexibility index (Phi) is 4.66. The zero-order valence-electron chi connectivity index (χ0n) is 11.6. The van der Waals surface area contributed by atoms with E-state index in [2.05, 4.69) is 36.1 Å². The van der Waals surface area contributed by atoms with Crippen molar-refractivity contribution in [3.8, 4) is 0 Å². The van der Waals surface area contributed by atoms with Gasteiger partial charge in [-0.25, -0.2) is 9.97 Å².